The molecule has 0 radical (unpaired) electrons. The van der Waals surface area contributed by atoms with E-state index in [0.717, 1.165) is 10.9 Å². The maximum Gasteiger partial charge on any atom is 0.326 e. The van der Waals surface area contributed by atoms with Crippen molar-refractivity contribution < 1.29 is 54.0 Å². The largest absolute Gasteiger partial charge is 0.508 e. The summed E-state index contributed by atoms with van der Waals surface area (Å²) in [5.41, 5.74) is 7.83. The smallest absolute Gasteiger partial charge is 0.326 e. The van der Waals surface area contributed by atoms with E-state index in [4.69, 9.17) is 5.73 Å². The summed E-state index contributed by atoms with van der Waals surface area (Å²) in [6.45, 7) is 7.90. The van der Waals surface area contributed by atoms with Crippen molar-refractivity contribution in [2.75, 3.05) is 13.2 Å². The molecule has 12 N–H and O–H groups in total. The van der Waals surface area contributed by atoms with Gasteiger partial charge in [0.05, 0.1) is 12.7 Å². The van der Waals surface area contributed by atoms with Crippen molar-refractivity contribution in [3.05, 3.63) is 65.9 Å². The number of hydrogen-bond acceptors (Lipinski definition) is 11. The van der Waals surface area contributed by atoms with Gasteiger partial charge >= 0.3 is 5.97 Å². The van der Waals surface area contributed by atoms with Crippen LogP contribution in [0.5, 0.6) is 5.75 Å². The number of fused-ring (bicyclic) bond motifs is 1. The Balaban J connectivity index is 1.48. The molecule has 0 aliphatic carbocycles. The molecular weight excluding hydrogens is 817 g/mol. The molecule has 8 atom stereocenters. The predicted molar refractivity (Wildman–Crippen MR) is 231 cm³/mol. The number of benzene rings is 2. The Hall–Kier alpha value is -6.05. The number of aliphatic carboxylic acids is 1. The molecule has 344 valence electrons. The quantitative estimate of drug-likeness (QED) is 0.0634. The minimum Gasteiger partial charge on any atom is -0.508 e. The number of nitrogens with two attached hydrogens (primary N) is 1. The highest BCUT2D eigenvalue weighted by atomic mass is 16.4. The van der Waals surface area contributed by atoms with E-state index >= 15 is 0 Å². The second-order valence-electron chi connectivity index (χ2n) is 17.0. The van der Waals surface area contributed by atoms with E-state index in [2.05, 4.69) is 31.6 Å². The molecule has 19 nitrogen and oxygen atoms in total. The highest BCUT2D eigenvalue weighted by Crippen LogP contribution is 2.22. The number of likely N-dealkylation sites (tertiary alicyclic amines) is 1. The molecule has 63 heavy (non-hydrogen) atoms. The predicted octanol–water partition coefficient (Wildman–Crippen LogP) is -0.0491. The molecule has 0 unspecified atom stereocenters. The van der Waals surface area contributed by atoms with Crippen LogP contribution in [-0.2, 0) is 46.4 Å². The van der Waals surface area contributed by atoms with Gasteiger partial charge in [0.2, 0.25) is 35.4 Å². The van der Waals surface area contributed by atoms with Crippen LogP contribution in [0.4, 0.5) is 0 Å². The number of aromatic nitrogens is 1. The van der Waals surface area contributed by atoms with Gasteiger partial charge < -0.3 is 62.6 Å². The van der Waals surface area contributed by atoms with Gasteiger partial charge in [0.15, 0.2) is 0 Å². The fourth-order valence-electron chi connectivity index (χ4n) is 7.46. The topological polar surface area (TPSA) is 306 Å². The number of H-pyrrole nitrogens is 1. The van der Waals surface area contributed by atoms with Gasteiger partial charge in [-0.1, -0.05) is 58.0 Å². The van der Waals surface area contributed by atoms with Crippen molar-refractivity contribution >= 4 is 52.3 Å². The average Bonchev–Trinajstić information content (AvgIpc) is 3.89. The van der Waals surface area contributed by atoms with Crippen LogP contribution in [0.15, 0.2) is 54.7 Å². The number of phenolic OH excluding ortho intramolecular Hbond substituents is 1. The van der Waals surface area contributed by atoms with Gasteiger partial charge in [-0.25, -0.2) is 4.79 Å². The van der Waals surface area contributed by atoms with Gasteiger partial charge in [0, 0.05) is 36.5 Å². The summed E-state index contributed by atoms with van der Waals surface area (Å²) in [6, 6.07) is 4.17. The number of rotatable bonds is 22. The lowest BCUT2D eigenvalue weighted by Crippen LogP contribution is -2.61. The Morgan fingerprint density at radius 2 is 1.32 bits per heavy atom. The van der Waals surface area contributed by atoms with E-state index in [0.29, 0.717) is 17.5 Å². The number of phenols is 1. The van der Waals surface area contributed by atoms with E-state index in [9.17, 15) is 54.0 Å². The molecule has 1 aliphatic rings. The summed E-state index contributed by atoms with van der Waals surface area (Å²) in [6.07, 6.45) is 1.24. The highest BCUT2D eigenvalue weighted by Gasteiger charge is 2.40. The van der Waals surface area contributed by atoms with Crippen LogP contribution in [0.3, 0.4) is 0 Å². The zero-order valence-corrected chi connectivity index (χ0v) is 36.3. The second-order valence-corrected chi connectivity index (χ2v) is 17.0. The van der Waals surface area contributed by atoms with Crippen molar-refractivity contribution in [2.45, 2.75) is 122 Å². The maximum absolute atomic E-state index is 14.2. The monoisotopic (exact) mass is 878 g/mol. The van der Waals surface area contributed by atoms with Crippen molar-refractivity contribution in [1.29, 1.82) is 0 Å². The van der Waals surface area contributed by atoms with E-state index in [1.807, 2.05) is 45.9 Å². The number of hydrogen-bond donors (Lipinski definition) is 11. The molecule has 3 aromatic rings. The molecule has 19 heteroatoms. The molecule has 2 heterocycles. The Morgan fingerprint density at radius 3 is 1.94 bits per heavy atom. The number of amides is 6. The summed E-state index contributed by atoms with van der Waals surface area (Å²) < 4.78 is 0. The third-order valence-electron chi connectivity index (χ3n) is 10.9. The number of nitrogens with one attached hydrogen (secondary N) is 6. The first-order valence-corrected chi connectivity index (χ1v) is 21.2. The first-order chi connectivity index (χ1) is 29.8. The van der Waals surface area contributed by atoms with Crippen molar-refractivity contribution in [3.63, 3.8) is 0 Å². The third-order valence-corrected chi connectivity index (χ3v) is 10.9. The Kier molecular flexibility index (Phi) is 18.0. The van der Waals surface area contributed by atoms with Crippen LogP contribution < -0.4 is 32.3 Å². The maximum atomic E-state index is 14.2. The number of aromatic hydroxyl groups is 1. The summed E-state index contributed by atoms with van der Waals surface area (Å²) in [5.74, 6) is -6.09. The molecule has 4 rings (SSSR count). The van der Waals surface area contributed by atoms with Crippen LogP contribution in [0.2, 0.25) is 0 Å². The fraction of sp³-hybridized carbons (Fsp3) is 0.523. The van der Waals surface area contributed by atoms with Crippen LogP contribution in [0.25, 0.3) is 10.9 Å². The second kappa shape index (κ2) is 22.9. The number of aliphatic hydroxyl groups is 2. The normalized spacial score (nSPS) is 17.2. The molecule has 0 spiro atoms. The molecule has 1 saturated heterocycles. The summed E-state index contributed by atoms with van der Waals surface area (Å²) in [4.78, 5) is 98.8. The van der Waals surface area contributed by atoms with Gasteiger partial charge in [-0.2, -0.15) is 0 Å². The summed E-state index contributed by atoms with van der Waals surface area (Å²) in [5, 5.41) is 53.5. The molecule has 0 bridgehead atoms. The Morgan fingerprint density at radius 1 is 0.746 bits per heavy atom. The first-order valence-electron chi connectivity index (χ1n) is 21.2. The fourth-order valence-corrected chi connectivity index (χ4v) is 7.46. The zero-order chi connectivity index (χ0) is 46.5. The number of aromatic amines is 1. The Labute approximate surface area is 365 Å². The van der Waals surface area contributed by atoms with Gasteiger partial charge in [-0.15, -0.1) is 0 Å². The van der Waals surface area contributed by atoms with Crippen molar-refractivity contribution in [3.8, 4) is 5.75 Å². The summed E-state index contributed by atoms with van der Waals surface area (Å²) in [7, 11) is 0. The standard InChI is InChI=1S/C44H62N8O11/c1-23(2)17-31(38(56)50-34(44(62)63)19-26-12-14-28(55)15-13-26)47-41(59)36-11-8-16-52(36)43(61)33(18-24(3)4)49-40(58)35(22-53)51-39(57)32(48-42(60)37(45)25(5)54)20-27-21-46-30-10-7-6-9-29(27)30/h6-7,9-10,12-15,21,23-25,31-37,46,53-55H,8,11,16-20,22,45H2,1-5H3,(H,47,59)(H,48,60)(H,49,58)(H,50,56)(H,51,57)(H,62,63)/t25-,31+,32+,33+,34+,35+,36+,37+/m1/s1. The molecular formula is C44H62N8O11. The van der Waals surface area contributed by atoms with Gasteiger partial charge in [0.1, 0.15) is 48.0 Å². The number of para-hydroxylation sites is 1. The average molecular weight is 879 g/mol. The van der Waals surface area contributed by atoms with Crippen LogP contribution in [0, 0.1) is 11.8 Å². The minimum absolute atomic E-state index is 0.00304. The molecule has 1 aliphatic heterocycles. The van der Waals surface area contributed by atoms with Crippen LogP contribution in [0.1, 0.15) is 71.4 Å². The third kappa shape index (κ3) is 14.0. The minimum atomic E-state index is -1.58. The van der Waals surface area contributed by atoms with Gasteiger partial charge in [0.25, 0.3) is 0 Å². The molecule has 1 fully saturated rings. The number of carbonyl (C=O) groups is 7. The number of carbonyl (C=O) groups excluding carboxylic acids is 6. The number of nitrogens with zero attached hydrogens (tertiary/aromatic N) is 1. The van der Waals surface area contributed by atoms with Crippen LogP contribution in [-0.4, -0.2) is 133 Å². The zero-order valence-electron chi connectivity index (χ0n) is 36.3. The van der Waals surface area contributed by atoms with E-state index < -0.39 is 96.4 Å². The highest BCUT2D eigenvalue weighted by molar-refractivity contribution is 5.97. The number of aliphatic hydroxyl groups excluding tert-OH is 2. The van der Waals surface area contributed by atoms with Gasteiger partial charge in [-0.3, -0.25) is 28.8 Å². The van der Waals surface area contributed by atoms with Crippen molar-refractivity contribution in [2.24, 2.45) is 17.6 Å². The van der Waals surface area contributed by atoms with E-state index in [1.165, 1.54) is 36.1 Å². The SMILES string of the molecule is CC(C)C[C@H](NC(=O)[C@@H]1CCCN1C(=O)[C@H](CC(C)C)NC(=O)[C@H](CO)NC(=O)[C@H](Cc1c[nH]c2ccccc12)NC(=O)[C@@H](N)[C@@H](C)O)C(=O)N[C@@H](Cc1ccc(O)cc1)C(=O)O. The van der Waals surface area contributed by atoms with E-state index in [1.54, 1.807) is 12.3 Å². The lowest BCUT2D eigenvalue weighted by Gasteiger charge is -2.31. The van der Waals surface area contributed by atoms with E-state index in [-0.39, 0.29) is 56.2 Å². The molecule has 0 saturated carbocycles. The molecule has 2 aromatic carbocycles. The lowest BCUT2D eigenvalue weighted by molar-refractivity contribution is -0.144. The van der Waals surface area contributed by atoms with Gasteiger partial charge in [-0.05, 0) is 73.8 Å². The summed E-state index contributed by atoms with van der Waals surface area (Å²) >= 11 is 0. The number of carboxylic acid groups (broad SMARTS) is 1. The first kappa shape index (κ1) is 49.6. The number of carboxylic acids is 1. The van der Waals surface area contributed by atoms with Crippen molar-refractivity contribution in [1.82, 2.24) is 36.5 Å². The lowest BCUT2D eigenvalue weighted by atomic mass is 10.00. The molecule has 1 aromatic heterocycles. The van der Waals surface area contributed by atoms with Crippen LogP contribution >= 0.6 is 0 Å². The molecule has 6 amide bonds. The Bertz CT molecular complexity index is 2070.